The van der Waals surface area contributed by atoms with Gasteiger partial charge in [0.2, 0.25) is 5.91 Å². The van der Waals surface area contributed by atoms with Crippen molar-refractivity contribution in [1.29, 1.82) is 0 Å². The molecule has 5 nitrogen and oxygen atoms in total. The molecule has 2 fully saturated rings. The number of nitrogens with two attached hydrogens (primary N) is 1. The Morgan fingerprint density at radius 2 is 1.62 bits per heavy atom. The van der Waals surface area contributed by atoms with Gasteiger partial charge in [0.25, 0.3) is 0 Å². The third-order valence-electron chi connectivity index (χ3n) is 3.72. The van der Waals surface area contributed by atoms with E-state index in [1.54, 1.807) is 0 Å². The number of hydrogen-bond acceptors (Lipinski definition) is 4. The molecule has 1 heterocycles. The summed E-state index contributed by atoms with van der Waals surface area (Å²) in [5.74, 6) is -0.109. The first-order chi connectivity index (χ1) is 7.53. The lowest BCUT2D eigenvalue weighted by Crippen LogP contribution is -2.56. The smallest absolute Gasteiger partial charge is 0.242 e. The average molecular weight is 228 g/mol. The molecule has 2 aliphatic rings. The van der Waals surface area contributed by atoms with Gasteiger partial charge in [0.1, 0.15) is 0 Å². The van der Waals surface area contributed by atoms with Gasteiger partial charge in [-0.3, -0.25) is 4.79 Å². The third kappa shape index (κ3) is 2.07. The molecule has 0 aromatic heterocycles. The highest BCUT2D eigenvalue weighted by molar-refractivity contribution is 5.86. The molecular weight excluding hydrogens is 208 g/mol. The fourth-order valence-electron chi connectivity index (χ4n) is 2.65. The molecule has 92 valence electrons. The number of likely N-dealkylation sites (tertiary alicyclic amines) is 1. The highest BCUT2D eigenvalue weighted by atomic mass is 16.3. The average Bonchev–Trinajstić information content (AvgIpc) is 2.59. The maximum absolute atomic E-state index is 12.2. The number of carbonyl (C=O) groups excluding carboxylic acids is 1. The second-order valence-electron chi connectivity index (χ2n) is 5.06. The van der Waals surface area contributed by atoms with Crippen molar-refractivity contribution in [2.24, 2.45) is 5.73 Å². The van der Waals surface area contributed by atoms with E-state index in [-0.39, 0.29) is 19.0 Å². The number of aliphatic hydroxyl groups excluding tert-OH is 2. The molecule has 0 aromatic carbocycles. The van der Waals surface area contributed by atoms with Crippen molar-refractivity contribution in [3.05, 3.63) is 0 Å². The van der Waals surface area contributed by atoms with Gasteiger partial charge >= 0.3 is 0 Å². The Hall–Kier alpha value is -0.650. The summed E-state index contributed by atoms with van der Waals surface area (Å²) in [6.45, 7) is 0.415. The molecule has 4 N–H and O–H groups in total. The third-order valence-corrected chi connectivity index (χ3v) is 3.72. The van der Waals surface area contributed by atoms with Crippen LogP contribution in [-0.2, 0) is 4.79 Å². The summed E-state index contributed by atoms with van der Waals surface area (Å²) in [4.78, 5) is 13.7. The first kappa shape index (κ1) is 11.8. The molecule has 2 unspecified atom stereocenters. The van der Waals surface area contributed by atoms with E-state index >= 15 is 0 Å². The Morgan fingerprint density at radius 3 is 2.12 bits per heavy atom. The van der Waals surface area contributed by atoms with Crippen LogP contribution in [0.25, 0.3) is 0 Å². The maximum atomic E-state index is 12.2. The monoisotopic (exact) mass is 228 g/mol. The van der Waals surface area contributed by atoms with E-state index < -0.39 is 17.7 Å². The summed E-state index contributed by atoms with van der Waals surface area (Å²) in [7, 11) is 0. The van der Waals surface area contributed by atoms with Crippen molar-refractivity contribution in [2.45, 2.75) is 49.9 Å². The summed E-state index contributed by atoms with van der Waals surface area (Å²) >= 11 is 0. The molecule has 16 heavy (non-hydrogen) atoms. The first-order valence-corrected chi connectivity index (χ1v) is 5.97. The van der Waals surface area contributed by atoms with E-state index in [1.807, 2.05) is 0 Å². The molecule has 1 aliphatic heterocycles. The van der Waals surface area contributed by atoms with Gasteiger partial charge in [0.05, 0.1) is 17.7 Å². The fourth-order valence-corrected chi connectivity index (χ4v) is 2.65. The van der Waals surface area contributed by atoms with E-state index in [2.05, 4.69) is 0 Å². The fraction of sp³-hybridized carbons (Fsp3) is 0.909. The Labute approximate surface area is 95.2 Å². The zero-order valence-corrected chi connectivity index (χ0v) is 9.43. The Morgan fingerprint density at radius 1 is 1.12 bits per heavy atom. The standard InChI is InChI=1S/C11H20N2O3/c12-11(4-2-1-3-5-11)10(16)13-6-8(14)9(15)7-13/h8-9,14-15H,1-7,12H2. The molecule has 0 aromatic rings. The van der Waals surface area contributed by atoms with Gasteiger partial charge in [0.15, 0.2) is 0 Å². The van der Waals surface area contributed by atoms with Crippen molar-refractivity contribution in [2.75, 3.05) is 13.1 Å². The summed E-state index contributed by atoms with van der Waals surface area (Å²) in [5.41, 5.74) is 5.36. The molecule has 0 bridgehead atoms. The minimum absolute atomic E-state index is 0.109. The SMILES string of the molecule is NC1(C(=O)N2CC(O)C(O)C2)CCCCC1. The lowest BCUT2D eigenvalue weighted by Gasteiger charge is -2.35. The first-order valence-electron chi connectivity index (χ1n) is 5.97. The Balaban J connectivity index is 2.01. The molecule has 1 amide bonds. The highest BCUT2D eigenvalue weighted by Crippen LogP contribution is 2.28. The van der Waals surface area contributed by atoms with Gasteiger partial charge in [-0.05, 0) is 12.8 Å². The number of β-amino-alcohol motifs (C(OH)–C–C–N with tert-alkyl or cyclic N) is 2. The van der Waals surface area contributed by atoms with Gasteiger partial charge in [0, 0.05) is 13.1 Å². The number of aliphatic hydroxyl groups is 2. The minimum atomic E-state index is -0.823. The summed E-state index contributed by atoms with van der Waals surface area (Å²) < 4.78 is 0. The van der Waals surface area contributed by atoms with Gasteiger partial charge in [-0.15, -0.1) is 0 Å². The number of amides is 1. The van der Waals surface area contributed by atoms with E-state index in [0.29, 0.717) is 12.8 Å². The van der Waals surface area contributed by atoms with Gasteiger partial charge < -0.3 is 20.8 Å². The zero-order chi connectivity index (χ0) is 11.8. The molecular formula is C11H20N2O3. The minimum Gasteiger partial charge on any atom is -0.388 e. The van der Waals surface area contributed by atoms with Crippen LogP contribution in [0.4, 0.5) is 0 Å². The van der Waals surface area contributed by atoms with Crippen molar-refractivity contribution in [1.82, 2.24) is 4.90 Å². The molecule has 0 spiro atoms. The molecule has 1 aliphatic carbocycles. The van der Waals surface area contributed by atoms with Crippen LogP contribution < -0.4 is 5.73 Å². The normalized spacial score (nSPS) is 34.1. The maximum Gasteiger partial charge on any atom is 0.242 e. The summed E-state index contributed by atoms with van der Waals surface area (Å²) in [5, 5.41) is 18.8. The second kappa shape index (κ2) is 4.31. The highest BCUT2D eigenvalue weighted by Gasteiger charge is 2.42. The van der Waals surface area contributed by atoms with Crippen LogP contribution in [0.15, 0.2) is 0 Å². The van der Waals surface area contributed by atoms with Crippen LogP contribution >= 0.6 is 0 Å². The predicted molar refractivity (Wildman–Crippen MR) is 58.6 cm³/mol. The van der Waals surface area contributed by atoms with Gasteiger partial charge in [-0.2, -0.15) is 0 Å². The number of rotatable bonds is 1. The summed E-state index contributed by atoms with van der Waals surface area (Å²) in [6.07, 6.45) is 2.90. The van der Waals surface area contributed by atoms with Crippen LogP contribution in [0.3, 0.4) is 0 Å². The molecule has 5 heteroatoms. The van der Waals surface area contributed by atoms with Crippen molar-refractivity contribution in [3.8, 4) is 0 Å². The number of hydrogen-bond donors (Lipinski definition) is 3. The van der Waals surface area contributed by atoms with Crippen molar-refractivity contribution < 1.29 is 15.0 Å². The van der Waals surface area contributed by atoms with Crippen LogP contribution in [0, 0.1) is 0 Å². The lowest BCUT2D eigenvalue weighted by atomic mass is 9.81. The molecule has 2 atom stereocenters. The predicted octanol–water partition coefficient (Wildman–Crippen LogP) is -0.788. The Bertz CT molecular complexity index is 266. The van der Waals surface area contributed by atoms with Crippen LogP contribution in [0.1, 0.15) is 32.1 Å². The topological polar surface area (TPSA) is 86.8 Å². The quantitative estimate of drug-likeness (QED) is 0.549. The molecule has 1 saturated heterocycles. The van der Waals surface area contributed by atoms with Crippen LogP contribution in [-0.4, -0.2) is 51.9 Å². The zero-order valence-electron chi connectivity index (χ0n) is 9.43. The Kier molecular flexibility index (Phi) is 3.19. The van der Waals surface area contributed by atoms with E-state index in [4.69, 9.17) is 5.73 Å². The molecule has 2 rings (SSSR count). The van der Waals surface area contributed by atoms with E-state index in [1.165, 1.54) is 4.90 Å². The van der Waals surface area contributed by atoms with E-state index in [9.17, 15) is 15.0 Å². The number of nitrogens with zero attached hydrogens (tertiary/aromatic N) is 1. The largest absolute Gasteiger partial charge is 0.388 e. The van der Waals surface area contributed by atoms with Crippen molar-refractivity contribution >= 4 is 5.91 Å². The van der Waals surface area contributed by atoms with Gasteiger partial charge in [-0.25, -0.2) is 0 Å². The van der Waals surface area contributed by atoms with Gasteiger partial charge in [-0.1, -0.05) is 19.3 Å². The molecule has 1 saturated carbocycles. The molecule has 0 radical (unpaired) electrons. The number of carbonyl (C=O) groups is 1. The van der Waals surface area contributed by atoms with Crippen LogP contribution in [0.5, 0.6) is 0 Å². The van der Waals surface area contributed by atoms with E-state index in [0.717, 1.165) is 19.3 Å². The summed E-state index contributed by atoms with van der Waals surface area (Å²) in [6, 6.07) is 0. The van der Waals surface area contributed by atoms with Crippen molar-refractivity contribution in [3.63, 3.8) is 0 Å². The lowest BCUT2D eigenvalue weighted by molar-refractivity contribution is -0.137. The van der Waals surface area contributed by atoms with Crippen LogP contribution in [0.2, 0.25) is 0 Å². The second-order valence-corrected chi connectivity index (χ2v) is 5.06.